The van der Waals surface area contributed by atoms with Gasteiger partial charge in [-0.05, 0) is 23.8 Å². The first-order valence-electron chi connectivity index (χ1n) is 8.57. The first-order valence-corrected chi connectivity index (χ1v) is 8.57. The molecule has 2 heterocycles. The van der Waals surface area contributed by atoms with Crippen LogP contribution in [0.4, 0.5) is 5.95 Å². The molecule has 0 saturated carbocycles. The zero-order chi connectivity index (χ0) is 18.3. The number of pyridine rings is 1. The molecule has 0 radical (unpaired) electrons. The Kier molecular flexibility index (Phi) is 4.93. The molecule has 0 amide bonds. The molecule has 4 aromatic rings. The van der Waals surface area contributed by atoms with Gasteiger partial charge in [0, 0.05) is 23.5 Å². The van der Waals surface area contributed by atoms with E-state index in [4.69, 9.17) is 0 Å². The van der Waals surface area contributed by atoms with Gasteiger partial charge < -0.3 is 0 Å². The lowest BCUT2D eigenvalue weighted by molar-refractivity contribution is 1.13. The van der Waals surface area contributed by atoms with Crippen molar-refractivity contribution >= 4 is 12.2 Å². The molecule has 2 aromatic carbocycles. The van der Waals surface area contributed by atoms with Gasteiger partial charge in [0.15, 0.2) is 0 Å². The number of nitrogens with zero attached hydrogens (tertiary/aromatic N) is 4. The topological polar surface area (TPSA) is 63.1 Å². The average molecular weight is 351 g/mol. The number of benzene rings is 2. The molecule has 0 aliphatic heterocycles. The maximum atomic E-state index is 4.61. The second-order valence-electron chi connectivity index (χ2n) is 5.84. The smallest absolute Gasteiger partial charge is 0.244 e. The Morgan fingerprint density at radius 3 is 1.81 bits per heavy atom. The van der Waals surface area contributed by atoms with E-state index in [1.165, 1.54) is 0 Å². The van der Waals surface area contributed by atoms with Crippen LogP contribution in [0.2, 0.25) is 0 Å². The lowest BCUT2D eigenvalue weighted by atomic mass is 10.1. The average Bonchev–Trinajstić information content (AvgIpc) is 2.76. The molecule has 0 bridgehead atoms. The highest BCUT2D eigenvalue weighted by Crippen LogP contribution is 2.24. The van der Waals surface area contributed by atoms with Gasteiger partial charge in [-0.1, -0.05) is 60.7 Å². The third-order valence-corrected chi connectivity index (χ3v) is 3.95. The van der Waals surface area contributed by atoms with Crippen LogP contribution < -0.4 is 5.43 Å². The van der Waals surface area contributed by atoms with Crippen molar-refractivity contribution in [2.24, 2.45) is 5.10 Å². The lowest BCUT2D eigenvalue weighted by Crippen LogP contribution is -2.00. The van der Waals surface area contributed by atoms with Crippen LogP contribution in [0.3, 0.4) is 0 Å². The van der Waals surface area contributed by atoms with Gasteiger partial charge in [0.1, 0.15) is 0 Å². The summed E-state index contributed by atoms with van der Waals surface area (Å²) in [4.78, 5) is 13.2. The Bertz CT molecular complexity index is 974. The minimum absolute atomic E-state index is 0.445. The van der Waals surface area contributed by atoms with Gasteiger partial charge >= 0.3 is 0 Å². The van der Waals surface area contributed by atoms with E-state index < -0.39 is 0 Å². The summed E-state index contributed by atoms with van der Waals surface area (Å²) in [6.45, 7) is 0. The summed E-state index contributed by atoms with van der Waals surface area (Å²) in [5.74, 6) is 0.445. The van der Waals surface area contributed by atoms with E-state index in [9.17, 15) is 0 Å². The van der Waals surface area contributed by atoms with Crippen LogP contribution in [0.5, 0.6) is 0 Å². The molecular weight excluding hydrogens is 334 g/mol. The van der Waals surface area contributed by atoms with Crippen molar-refractivity contribution in [2.75, 3.05) is 5.43 Å². The summed E-state index contributed by atoms with van der Waals surface area (Å²) in [7, 11) is 0. The molecule has 2 aromatic heterocycles. The van der Waals surface area contributed by atoms with Crippen LogP contribution >= 0.6 is 0 Å². The summed E-state index contributed by atoms with van der Waals surface area (Å²) in [5, 5.41) is 4.25. The summed E-state index contributed by atoms with van der Waals surface area (Å²) in [6, 6.07) is 25.8. The Hall–Kier alpha value is -3.86. The lowest BCUT2D eigenvalue weighted by Gasteiger charge is -2.08. The fourth-order valence-electron chi connectivity index (χ4n) is 2.62. The highest BCUT2D eigenvalue weighted by molar-refractivity contribution is 5.79. The minimum atomic E-state index is 0.445. The number of rotatable bonds is 5. The molecule has 5 nitrogen and oxygen atoms in total. The SMILES string of the molecule is C(=N\Nc1nc(-c2ccccc2)cc(-c2ccccc2)n1)/c1ccncc1. The van der Waals surface area contributed by atoms with Crippen molar-refractivity contribution in [3.8, 4) is 22.5 Å². The number of anilines is 1. The number of aromatic nitrogens is 3. The molecule has 0 aliphatic rings. The van der Waals surface area contributed by atoms with Crippen LogP contribution in [0.25, 0.3) is 22.5 Å². The predicted molar refractivity (Wildman–Crippen MR) is 108 cm³/mol. The standard InChI is InChI=1S/C22H17N5/c1-3-7-18(8-4-1)20-15-21(19-9-5-2-6-10-19)26-22(25-20)27-24-16-17-11-13-23-14-12-17/h1-16H,(H,25,26,27)/b24-16+. The number of hydrogen-bond acceptors (Lipinski definition) is 5. The zero-order valence-electron chi connectivity index (χ0n) is 14.5. The molecule has 0 saturated heterocycles. The van der Waals surface area contributed by atoms with E-state index in [1.54, 1.807) is 18.6 Å². The largest absolute Gasteiger partial charge is 0.265 e. The number of hydrogen-bond donors (Lipinski definition) is 1. The first kappa shape index (κ1) is 16.6. The Labute approximate surface area is 157 Å². The van der Waals surface area contributed by atoms with Gasteiger partial charge in [-0.2, -0.15) is 5.10 Å². The van der Waals surface area contributed by atoms with Crippen molar-refractivity contribution in [3.63, 3.8) is 0 Å². The van der Waals surface area contributed by atoms with E-state index >= 15 is 0 Å². The Morgan fingerprint density at radius 1 is 0.704 bits per heavy atom. The zero-order valence-corrected chi connectivity index (χ0v) is 14.5. The molecule has 0 atom stereocenters. The van der Waals surface area contributed by atoms with Crippen LogP contribution in [-0.4, -0.2) is 21.2 Å². The molecular formula is C22H17N5. The van der Waals surface area contributed by atoms with Crippen LogP contribution in [0.15, 0.2) is 96.4 Å². The van der Waals surface area contributed by atoms with E-state index in [0.717, 1.165) is 28.1 Å². The number of nitrogens with one attached hydrogen (secondary N) is 1. The Balaban J connectivity index is 1.69. The van der Waals surface area contributed by atoms with Gasteiger partial charge in [-0.15, -0.1) is 0 Å². The molecule has 27 heavy (non-hydrogen) atoms. The van der Waals surface area contributed by atoms with E-state index in [0.29, 0.717) is 5.95 Å². The Morgan fingerprint density at radius 2 is 1.26 bits per heavy atom. The molecule has 4 rings (SSSR count). The summed E-state index contributed by atoms with van der Waals surface area (Å²) in [6.07, 6.45) is 5.16. The molecule has 0 fully saturated rings. The van der Waals surface area contributed by atoms with E-state index in [-0.39, 0.29) is 0 Å². The molecule has 5 heteroatoms. The molecule has 0 spiro atoms. The maximum absolute atomic E-state index is 4.61. The van der Waals surface area contributed by atoms with Crippen molar-refractivity contribution in [1.82, 2.24) is 15.0 Å². The highest BCUT2D eigenvalue weighted by Gasteiger charge is 2.08. The van der Waals surface area contributed by atoms with Crippen LogP contribution in [0, 0.1) is 0 Å². The highest BCUT2D eigenvalue weighted by atomic mass is 15.3. The summed E-state index contributed by atoms with van der Waals surface area (Å²) < 4.78 is 0. The number of hydrazone groups is 1. The van der Waals surface area contributed by atoms with Crippen molar-refractivity contribution in [1.29, 1.82) is 0 Å². The fourth-order valence-corrected chi connectivity index (χ4v) is 2.62. The quantitative estimate of drug-likeness (QED) is 0.420. The van der Waals surface area contributed by atoms with Gasteiger partial charge in [-0.3, -0.25) is 4.98 Å². The van der Waals surface area contributed by atoms with Gasteiger partial charge in [0.25, 0.3) is 0 Å². The minimum Gasteiger partial charge on any atom is -0.265 e. The van der Waals surface area contributed by atoms with Crippen LogP contribution in [-0.2, 0) is 0 Å². The van der Waals surface area contributed by atoms with Gasteiger partial charge in [0.2, 0.25) is 5.95 Å². The monoisotopic (exact) mass is 351 g/mol. The fraction of sp³-hybridized carbons (Fsp3) is 0. The van der Waals surface area contributed by atoms with Crippen LogP contribution in [0.1, 0.15) is 5.56 Å². The second kappa shape index (κ2) is 8.01. The predicted octanol–water partition coefficient (Wildman–Crippen LogP) is 4.65. The summed E-state index contributed by atoms with van der Waals surface area (Å²) in [5.41, 5.74) is 7.61. The van der Waals surface area contributed by atoms with E-state index in [2.05, 4.69) is 25.5 Å². The van der Waals surface area contributed by atoms with Gasteiger partial charge in [-0.25, -0.2) is 15.4 Å². The van der Waals surface area contributed by atoms with Gasteiger partial charge in [0.05, 0.1) is 17.6 Å². The van der Waals surface area contributed by atoms with E-state index in [1.807, 2.05) is 78.9 Å². The van der Waals surface area contributed by atoms with Crippen molar-refractivity contribution in [3.05, 3.63) is 96.8 Å². The third-order valence-electron chi connectivity index (χ3n) is 3.95. The van der Waals surface area contributed by atoms with Crippen molar-refractivity contribution < 1.29 is 0 Å². The molecule has 130 valence electrons. The molecule has 0 unspecified atom stereocenters. The second-order valence-corrected chi connectivity index (χ2v) is 5.84. The summed E-state index contributed by atoms with van der Waals surface area (Å²) >= 11 is 0. The first-order chi connectivity index (χ1) is 13.4. The maximum Gasteiger partial charge on any atom is 0.244 e. The van der Waals surface area contributed by atoms with Crippen molar-refractivity contribution in [2.45, 2.75) is 0 Å². The third kappa shape index (κ3) is 4.22. The molecule has 1 N–H and O–H groups in total. The normalized spacial score (nSPS) is 10.8. The molecule has 0 aliphatic carbocycles.